The van der Waals surface area contributed by atoms with Gasteiger partial charge in [-0.1, -0.05) is 103 Å². The van der Waals surface area contributed by atoms with E-state index in [0.29, 0.717) is 17.9 Å². The number of hydrogen-bond acceptors (Lipinski definition) is 5. The SMILES string of the molecule is O=C(N[C@H](Cc1ccccc1)C(=O)N[C@H](Cc1ccc(OCc2ccccc2)cc1)C(=O)O)OCc1ccccc1. The van der Waals surface area contributed by atoms with E-state index in [4.69, 9.17) is 9.47 Å². The Morgan fingerprint density at radius 3 is 1.63 bits per heavy atom. The van der Waals surface area contributed by atoms with E-state index in [2.05, 4.69) is 10.6 Å². The third-order valence-corrected chi connectivity index (χ3v) is 6.33. The maximum Gasteiger partial charge on any atom is 0.408 e. The first kappa shape index (κ1) is 28.9. The van der Waals surface area contributed by atoms with Crippen LogP contribution < -0.4 is 15.4 Å². The summed E-state index contributed by atoms with van der Waals surface area (Å²) >= 11 is 0. The summed E-state index contributed by atoms with van der Waals surface area (Å²) in [5.41, 5.74) is 3.34. The molecule has 0 aliphatic carbocycles. The number of aliphatic carboxylic acids is 1. The van der Waals surface area contributed by atoms with E-state index in [0.717, 1.165) is 16.7 Å². The topological polar surface area (TPSA) is 114 Å². The van der Waals surface area contributed by atoms with E-state index < -0.39 is 30.1 Å². The van der Waals surface area contributed by atoms with Crippen LogP contribution in [0.25, 0.3) is 0 Å². The van der Waals surface area contributed by atoms with Gasteiger partial charge >= 0.3 is 12.1 Å². The molecule has 210 valence electrons. The Hall–Kier alpha value is -5.11. The highest BCUT2D eigenvalue weighted by Gasteiger charge is 2.27. The molecule has 41 heavy (non-hydrogen) atoms. The smallest absolute Gasteiger partial charge is 0.408 e. The van der Waals surface area contributed by atoms with E-state index in [1.807, 2.05) is 91.0 Å². The zero-order valence-electron chi connectivity index (χ0n) is 22.4. The zero-order valence-corrected chi connectivity index (χ0v) is 22.4. The van der Waals surface area contributed by atoms with Crippen molar-refractivity contribution < 1.29 is 29.0 Å². The number of amides is 2. The van der Waals surface area contributed by atoms with Crippen molar-refractivity contribution in [2.75, 3.05) is 0 Å². The Morgan fingerprint density at radius 1 is 0.585 bits per heavy atom. The minimum absolute atomic E-state index is 0.0369. The van der Waals surface area contributed by atoms with Crippen LogP contribution >= 0.6 is 0 Å². The number of benzene rings is 4. The molecule has 2 amide bonds. The molecule has 0 radical (unpaired) electrons. The fourth-order valence-corrected chi connectivity index (χ4v) is 4.14. The summed E-state index contributed by atoms with van der Waals surface area (Å²) in [6, 6.07) is 32.9. The van der Waals surface area contributed by atoms with Gasteiger partial charge in [0.2, 0.25) is 5.91 Å². The molecule has 4 rings (SSSR count). The number of carbonyl (C=O) groups excluding carboxylic acids is 2. The summed E-state index contributed by atoms with van der Waals surface area (Å²) in [5, 5.41) is 15.0. The third-order valence-electron chi connectivity index (χ3n) is 6.33. The Bertz CT molecular complexity index is 1400. The lowest BCUT2D eigenvalue weighted by atomic mass is 10.0. The summed E-state index contributed by atoms with van der Waals surface area (Å²) in [6.45, 7) is 0.451. The zero-order chi connectivity index (χ0) is 28.9. The number of ether oxygens (including phenoxy) is 2. The molecule has 0 bridgehead atoms. The van der Waals surface area contributed by atoms with Gasteiger partial charge in [0.05, 0.1) is 0 Å². The Balaban J connectivity index is 1.37. The van der Waals surface area contributed by atoms with Crippen molar-refractivity contribution in [1.29, 1.82) is 0 Å². The molecule has 0 fully saturated rings. The van der Waals surface area contributed by atoms with Crippen molar-refractivity contribution in [3.63, 3.8) is 0 Å². The minimum atomic E-state index is -1.21. The molecule has 8 heteroatoms. The van der Waals surface area contributed by atoms with Gasteiger partial charge in [-0.15, -0.1) is 0 Å². The number of nitrogens with one attached hydrogen (secondary N) is 2. The molecule has 8 nitrogen and oxygen atoms in total. The van der Waals surface area contributed by atoms with Crippen LogP contribution in [0.2, 0.25) is 0 Å². The second kappa shape index (κ2) is 14.9. The molecule has 0 spiro atoms. The van der Waals surface area contributed by atoms with Crippen LogP contribution in [-0.4, -0.2) is 35.2 Å². The van der Waals surface area contributed by atoms with Crippen LogP contribution in [0.5, 0.6) is 5.75 Å². The van der Waals surface area contributed by atoms with Crippen LogP contribution in [0.15, 0.2) is 115 Å². The van der Waals surface area contributed by atoms with Crippen LogP contribution in [0, 0.1) is 0 Å². The standard InChI is InChI=1S/C33H32N2O6/c36-31(29(20-24-10-4-1-5-11-24)35-33(39)41-23-27-14-8-3-9-15-27)34-30(32(37)38)21-25-16-18-28(19-17-25)40-22-26-12-6-2-7-13-26/h1-19,29-30H,20-23H2,(H,34,36)(H,35,39)(H,37,38)/t29-,30-/m1/s1. The van der Waals surface area contributed by atoms with Gasteiger partial charge in [0.25, 0.3) is 0 Å². The van der Waals surface area contributed by atoms with E-state index in [1.165, 1.54) is 0 Å². The molecule has 0 unspecified atom stereocenters. The maximum atomic E-state index is 13.3. The van der Waals surface area contributed by atoms with Crippen molar-refractivity contribution in [2.24, 2.45) is 0 Å². The summed E-state index contributed by atoms with van der Waals surface area (Å²) in [5.74, 6) is -1.16. The Kier molecular flexibility index (Phi) is 10.5. The normalized spacial score (nSPS) is 12.0. The number of alkyl carbamates (subject to hydrolysis) is 1. The second-order valence-corrected chi connectivity index (χ2v) is 9.47. The van der Waals surface area contributed by atoms with Gasteiger partial charge in [-0.2, -0.15) is 0 Å². The van der Waals surface area contributed by atoms with Gasteiger partial charge in [-0.25, -0.2) is 9.59 Å². The molecule has 0 heterocycles. The van der Waals surface area contributed by atoms with Gasteiger partial charge in [0.1, 0.15) is 31.0 Å². The molecule has 0 aliphatic rings. The number of rotatable bonds is 13. The molecular formula is C33H32N2O6. The van der Waals surface area contributed by atoms with Crippen LogP contribution in [-0.2, 0) is 40.4 Å². The van der Waals surface area contributed by atoms with Gasteiger partial charge in [0.15, 0.2) is 0 Å². The van der Waals surface area contributed by atoms with E-state index in [1.54, 1.807) is 24.3 Å². The van der Waals surface area contributed by atoms with Crippen LogP contribution in [0.3, 0.4) is 0 Å². The van der Waals surface area contributed by atoms with Gasteiger partial charge in [-0.05, 0) is 34.4 Å². The van der Waals surface area contributed by atoms with Crippen molar-refractivity contribution >= 4 is 18.0 Å². The first-order chi connectivity index (χ1) is 20.0. The number of hydrogen-bond donors (Lipinski definition) is 3. The maximum absolute atomic E-state index is 13.3. The Morgan fingerprint density at radius 2 is 1.07 bits per heavy atom. The molecule has 0 aromatic heterocycles. The van der Waals surface area contributed by atoms with Crippen LogP contribution in [0.1, 0.15) is 22.3 Å². The molecule has 4 aromatic rings. The van der Waals surface area contributed by atoms with E-state index >= 15 is 0 Å². The minimum Gasteiger partial charge on any atom is -0.489 e. The van der Waals surface area contributed by atoms with Gasteiger partial charge in [-0.3, -0.25) is 4.79 Å². The van der Waals surface area contributed by atoms with Crippen molar-refractivity contribution in [2.45, 2.75) is 38.1 Å². The molecule has 2 atom stereocenters. The molecule has 3 N–H and O–H groups in total. The fourth-order valence-electron chi connectivity index (χ4n) is 4.14. The quantitative estimate of drug-likeness (QED) is 0.217. The molecule has 0 aliphatic heterocycles. The first-order valence-electron chi connectivity index (χ1n) is 13.3. The summed E-state index contributed by atoms with van der Waals surface area (Å²) in [4.78, 5) is 37.9. The molecule has 0 saturated carbocycles. The summed E-state index contributed by atoms with van der Waals surface area (Å²) in [7, 11) is 0. The average molecular weight is 553 g/mol. The highest BCUT2D eigenvalue weighted by molar-refractivity contribution is 5.89. The summed E-state index contributed by atoms with van der Waals surface area (Å²) in [6.07, 6.45) is -0.563. The Labute approximate surface area is 238 Å². The van der Waals surface area contributed by atoms with Crippen LogP contribution in [0.4, 0.5) is 4.79 Å². The number of carboxylic acid groups (broad SMARTS) is 1. The summed E-state index contributed by atoms with van der Waals surface area (Å²) < 4.78 is 11.1. The average Bonchev–Trinajstić information content (AvgIpc) is 3.00. The van der Waals surface area contributed by atoms with Gasteiger partial charge < -0.3 is 25.2 Å². The lowest BCUT2D eigenvalue weighted by Gasteiger charge is -2.22. The third kappa shape index (κ3) is 9.54. The molecule has 4 aromatic carbocycles. The van der Waals surface area contributed by atoms with Crippen molar-refractivity contribution in [3.8, 4) is 5.75 Å². The second-order valence-electron chi connectivity index (χ2n) is 9.47. The number of carbonyl (C=O) groups is 3. The highest BCUT2D eigenvalue weighted by atomic mass is 16.5. The molecule has 0 saturated heterocycles. The van der Waals surface area contributed by atoms with E-state index in [9.17, 15) is 19.5 Å². The van der Waals surface area contributed by atoms with Crippen molar-refractivity contribution in [1.82, 2.24) is 10.6 Å². The predicted octanol–water partition coefficient (Wildman–Crippen LogP) is 4.92. The van der Waals surface area contributed by atoms with E-state index in [-0.39, 0.29) is 19.4 Å². The lowest BCUT2D eigenvalue weighted by Crippen LogP contribution is -2.53. The highest BCUT2D eigenvalue weighted by Crippen LogP contribution is 2.16. The largest absolute Gasteiger partial charge is 0.489 e. The molecular weight excluding hydrogens is 520 g/mol. The number of carboxylic acids is 1. The lowest BCUT2D eigenvalue weighted by molar-refractivity contribution is -0.142. The van der Waals surface area contributed by atoms with Gasteiger partial charge in [0, 0.05) is 12.8 Å². The fraction of sp³-hybridized carbons (Fsp3) is 0.182. The van der Waals surface area contributed by atoms with Crippen molar-refractivity contribution in [3.05, 3.63) is 138 Å². The monoisotopic (exact) mass is 552 g/mol. The predicted molar refractivity (Wildman–Crippen MR) is 154 cm³/mol. The first-order valence-corrected chi connectivity index (χ1v) is 13.3.